The summed E-state index contributed by atoms with van der Waals surface area (Å²) in [6.45, 7) is 3.54. The van der Waals surface area contributed by atoms with Gasteiger partial charge in [-0.15, -0.1) is 0 Å². The number of para-hydroxylation sites is 1. The van der Waals surface area contributed by atoms with Crippen LogP contribution in [0.5, 0.6) is 0 Å². The fourth-order valence-electron chi connectivity index (χ4n) is 3.10. The molecule has 4 nitrogen and oxygen atoms in total. The molecule has 2 aromatic carbocycles. The SMILES string of the molecule is O=C(Nc1ccccc1)N1CCC[NH+](Cc2c(F)cccc2Cl)CC1. The summed E-state index contributed by atoms with van der Waals surface area (Å²) in [5.74, 6) is -0.261. The Hall–Kier alpha value is -2.11. The second kappa shape index (κ2) is 8.32. The monoisotopic (exact) mass is 362 g/mol. The van der Waals surface area contributed by atoms with Crippen LogP contribution in [0.4, 0.5) is 14.9 Å². The summed E-state index contributed by atoms with van der Waals surface area (Å²) in [6, 6.07) is 14.1. The van der Waals surface area contributed by atoms with Crippen molar-refractivity contribution in [3.8, 4) is 0 Å². The minimum Gasteiger partial charge on any atom is -0.330 e. The lowest BCUT2D eigenvalue weighted by atomic mass is 10.2. The number of hydrogen-bond donors (Lipinski definition) is 2. The molecule has 1 saturated heterocycles. The zero-order chi connectivity index (χ0) is 17.6. The Balaban J connectivity index is 1.58. The van der Waals surface area contributed by atoms with Crippen LogP contribution in [0.2, 0.25) is 5.02 Å². The molecule has 2 amide bonds. The van der Waals surface area contributed by atoms with Crippen LogP contribution in [-0.4, -0.2) is 37.1 Å². The molecule has 1 heterocycles. The Labute approximate surface area is 152 Å². The van der Waals surface area contributed by atoms with E-state index in [9.17, 15) is 9.18 Å². The molecule has 25 heavy (non-hydrogen) atoms. The first-order chi connectivity index (χ1) is 12.1. The van der Waals surface area contributed by atoms with Crippen molar-refractivity contribution < 1.29 is 14.1 Å². The van der Waals surface area contributed by atoms with Gasteiger partial charge in [-0.2, -0.15) is 0 Å². The molecule has 0 radical (unpaired) electrons. The molecule has 6 heteroatoms. The van der Waals surface area contributed by atoms with Crippen molar-refractivity contribution in [2.45, 2.75) is 13.0 Å². The van der Waals surface area contributed by atoms with Gasteiger partial charge >= 0.3 is 6.03 Å². The number of quaternary nitrogens is 1. The van der Waals surface area contributed by atoms with Crippen LogP contribution in [0.15, 0.2) is 48.5 Å². The highest BCUT2D eigenvalue weighted by atomic mass is 35.5. The van der Waals surface area contributed by atoms with Crippen molar-refractivity contribution in [1.29, 1.82) is 0 Å². The van der Waals surface area contributed by atoms with Crippen molar-refractivity contribution in [2.75, 3.05) is 31.5 Å². The molecule has 2 N–H and O–H groups in total. The number of nitrogens with zero attached hydrogens (tertiary/aromatic N) is 1. The number of carbonyl (C=O) groups is 1. The van der Waals surface area contributed by atoms with Gasteiger partial charge in [0, 0.05) is 18.7 Å². The minimum atomic E-state index is -0.261. The number of benzene rings is 2. The van der Waals surface area contributed by atoms with Gasteiger partial charge in [0.2, 0.25) is 0 Å². The smallest absolute Gasteiger partial charge is 0.322 e. The van der Waals surface area contributed by atoms with E-state index in [1.54, 1.807) is 12.1 Å². The number of rotatable bonds is 3. The van der Waals surface area contributed by atoms with E-state index in [0.29, 0.717) is 30.2 Å². The predicted molar refractivity (Wildman–Crippen MR) is 97.5 cm³/mol. The number of anilines is 1. The van der Waals surface area contributed by atoms with Crippen molar-refractivity contribution >= 4 is 23.3 Å². The number of nitrogens with one attached hydrogen (secondary N) is 2. The van der Waals surface area contributed by atoms with Gasteiger partial charge in [0.05, 0.1) is 30.2 Å². The van der Waals surface area contributed by atoms with E-state index < -0.39 is 0 Å². The summed E-state index contributed by atoms with van der Waals surface area (Å²) in [5, 5.41) is 3.39. The molecule has 1 aliphatic heterocycles. The van der Waals surface area contributed by atoms with Gasteiger partial charge in [-0.25, -0.2) is 9.18 Å². The first kappa shape index (κ1) is 17.7. The zero-order valence-corrected chi connectivity index (χ0v) is 14.7. The average molecular weight is 363 g/mol. The topological polar surface area (TPSA) is 36.8 Å². The Morgan fingerprint density at radius 1 is 1.12 bits per heavy atom. The summed E-state index contributed by atoms with van der Waals surface area (Å²) >= 11 is 6.13. The molecule has 0 aliphatic carbocycles. The van der Waals surface area contributed by atoms with Crippen LogP contribution in [-0.2, 0) is 6.54 Å². The van der Waals surface area contributed by atoms with E-state index in [-0.39, 0.29) is 11.8 Å². The van der Waals surface area contributed by atoms with Gasteiger partial charge in [0.15, 0.2) is 0 Å². The standard InChI is InChI=1S/C19H21ClFN3O/c20-17-8-4-9-18(21)16(17)14-23-10-5-11-24(13-12-23)19(25)22-15-6-2-1-3-7-15/h1-4,6-9H,5,10-14H2,(H,22,25)/p+1. The largest absolute Gasteiger partial charge is 0.330 e. The zero-order valence-electron chi connectivity index (χ0n) is 14.0. The molecular formula is C19H22ClFN3O+. The summed E-state index contributed by atoms with van der Waals surface area (Å²) in [4.78, 5) is 15.5. The Kier molecular flexibility index (Phi) is 5.89. The maximum Gasteiger partial charge on any atom is 0.322 e. The summed E-state index contributed by atoms with van der Waals surface area (Å²) in [7, 11) is 0. The summed E-state index contributed by atoms with van der Waals surface area (Å²) in [5.41, 5.74) is 1.35. The van der Waals surface area contributed by atoms with Crippen molar-refractivity contribution in [2.24, 2.45) is 0 Å². The van der Waals surface area contributed by atoms with Crippen molar-refractivity contribution in [3.05, 3.63) is 64.9 Å². The third kappa shape index (κ3) is 4.71. The van der Waals surface area contributed by atoms with Crippen LogP contribution in [0, 0.1) is 5.82 Å². The van der Waals surface area contributed by atoms with Crippen molar-refractivity contribution in [1.82, 2.24) is 4.90 Å². The molecular weight excluding hydrogens is 341 g/mol. The molecule has 0 saturated carbocycles. The summed E-state index contributed by atoms with van der Waals surface area (Å²) < 4.78 is 14.0. The predicted octanol–water partition coefficient (Wildman–Crippen LogP) is 2.80. The lowest BCUT2D eigenvalue weighted by Crippen LogP contribution is -3.11. The van der Waals surface area contributed by atoms with Crippen LogP contribution in [0.25, 0.3) is 0 Å². The number of hydrogen-bond acceptors (Lipinski definition) is 1. The van der Waals surface area contributed by atoms with Crippen LogP contribution >= 0.6 is 11.6 Å². The van der Waals surface area contributed by atoms with Gasteiger partial charge in [-0.05, 0) is 24.3 Å². The van der Waals surface area contributed by atoms with E-state index in [4.69, 9.17) is 11.6 Å². The van der Waals surface area contributed by atoms with Gasteiger partial charge < -0.3 is 15.1 Å². The van der Waals surface area contributed by atoms with Crippen LogP contribution < -0.4 is 10.2 Å². The Morgan fingerprint density at radius 3 is 2.68 bits per heavy atom. The lowest BCUT2D eigenvalue weighted by molar-refractivity contribution is -0.912. The number of halogens is 2. The molecule has 3 rings (SSSR count). The first-order valence-electron chi connectivity index (χ1n) is 8.51. The van der Waals surface area contributed by atoms with Gasteiger partial charge in [0.25, 0.3) is 0 Å². The normalized spacial score (nSPS) is 17.8. The third-order valence-electron chi connectivity index (χ3n) is 4.49. The average Bonchev–Trinajstić information content (AvgIpc) is 2.85. The van der Waals surface area contributed by atoms with E-state index in [2.05, 4.69) is 5.32 Å². The van der Waals surface area contributed by atoms with Crippen molar-refractivity contribution in [3.63, 3.8) is 0 Å². The maximum absolute atomic E-state index is 14.0. The molecule has 0 aromatic heterocycles. The fraction of sp³-hybridized carbons (Fsp3) is 0.316. The summed E-state index contributed by atoms with van der Waals surface area (Å²) in [6.07, 6.45) is 0.879. The second-order valence-electron chi connectivity index (χ2n) is 6.26. The first-order valence-corrected chi connectivity index (χ1v) is 8.89. The molecule has 2 aromatic rings. The Bertz CT molecular complexity index is 706. The van der Waals surface area contributed by atoms with Gasteiger partial charge in [0.1, 0.15) is 12.4 Å². The highest BCUT2D eigenvalue weighted by Crippen LogP contribution is 2.17. The molecule has 1 atom stereocenters. The molecule has 0 spiro atoms. The van der Waals surface area contributed by atoms with E-state index in [0.717, 1.165) is 25.2 Å². The minimum absolute atomic E-state index is 0.0867. The quantitative estimate of drug-likeness (QED) is 0.865. The lowest BCUT2D eigenvalue weighted by Gasteiger charge is -2.21. The van der Waals surface area contributed by atoms with Crippen LogP contribution in [0.1, 0.15) is 12.0 Å². The third-order valence-corrected chi connectivity index (χ3v) is 4.85. The molecule has 1 aliphatic rings. The molecule has 1 unspecified atom stereocenters. The number of carbonyl (C=O) groups excluding carboxylic acids is 1. The van der Waals surface area contributed by atoms with E-state index in [1.165, 1.54) is 11.0 Å². The van der Waals surface area contributed by atoms with E-state index in [1.807, 2.05) is 35.2 Å². The number of amides is 2. The molecule has 132 valence electrons. The Morgan fingerprint density at radius 2 is 1.92 bits per heavy atom. The van der Waals surface area contributed by atoms with Crippen LogP contribution in [0.3, 0.4) is 0 Å². The highest BCUT2D eigenvalue weighted by Gasteiger charge is 2.23. The fourth-order valence-corrected chi connectivity index (χ4v) is 3.33. The highest BCUT2D eigenvalue weighted by molar-refractivity contribution is 6.31. The maximum atomic E-state index is 14.0. The second-order valence-corrected chi connectivity index (χ2v) is 6.67. The molecule has 1 fully saturated rings. The van der Waals surface area contributed by atoms with Gasteiger partial charge in [-0.1, -0.05) is 35.9 Å². The van der Waals surface area contributed by atoms with E-state index >= 15 is 0 Å². The molecule has 0 bridgehead atoms. The van der Waals surface area contributed by atoms with Gasteiger partial charge in [-0.3, -0.25) is 0 Å². The number of urea groups is 1.